The molecule has 1 amide bonds. The quantitative estimate of drug-likeness (QED) is 0.0177. The van der Waals surface area contributed by atoms with E-state index >= 15 is 0 Å². The number of hydrogen-bond acceptors (Lipinski definition) is 19. The van der Waals surface area contributed by atoms with Crippen LogP contribution in [-0.2, 0) is 82.2 Å². The van der Waals surface area contributed by atoms with Crippen LogP contribution in [0.15, 0.2) is 51.1 Å². The molecule has 1 saturated heterocycles. The van der Waals surface area contributed by atoms with E-state index in [1.54, 1.807) is 0 Å². The Morgan fingerprint density at radius 2 is 1.59 bits per heavy atom. The Labute approximate surface area is 468 Å². The van der Waals surface area contributed by atoms with Gasteiger partial charge in [0.05, 0.1) is 29.2 Å². The summed E-state index contributed by atoms with van der Waals surface area (Å²) in [6.07, 6.45) is 1.70. The number of fused-ring (bicyclic) bond motifs is 4. The number of sulfonamides is 1. The largest absolute Gasteiger partial charge is 0.490 e. The standard InChI is InChI=1S/C49H58N7O21P3S2/c50-47-30(26-56(49(60)53-47)48-44(59)43(58)37(74-48)27-73-79(64,65)77-80(66,67)76-78(61,62)63)9-4-17-51-39(57)14-2-1-3-18-52-81(68,69)31-15-16-32(38(25-31)82(70,71)72)40-35-23-28-10-5-19-54-21-7-12-33(41(28)54)45(35)75-46-34-13-8-22-55-20-6-11-29(42(34)55)24-36(40)46/h15-16,23-26,37,43-44,48,52,58-59H,1-3,5-8,10-14,17-22,27H2,(H7-,50,51,53,57,60,61,62,63,64,65,66,67,70,71,72)/p+1/t37-,43-,44-,48-/m1/s1. The van der Waals surface area contributed by atoms with Gasteiger partial charge in [-0.15, -0.1) is 0 Å². The van der Waals surface area contributed by atoms with Crippen LogP contribution >= 0.6 is 23.5 Å². The highest BCUT2D eigenvalue weighted by Crippen LogP contribution is 2.66. The minimum atomic E-state index is -5.86. The Bertz CT molecular complexity index is 3940. The summed E-state index contributed by atoms with van der Waals surface area (Å²) < 4.78 is 130. The first-order valence-electron chi connectivity index (χ1n) is 26.2. The topological polar surface area (TPSA) is 416 Å². The van der Waals surface area contributed by atoms with Crippen molar-refractivity contribution in [3.8, 4) is 23.3 Å². The average Bonchev–Trinajstić information content (AvgIpc) is 2.93. The molecular formula is C49H59N7O21P3S2+. The molecule has 10 rings (SSSR count). The number of aliphatic hydroxyl groups excluding tert-OH is 2. The number of nitrogens with two attached hydrogens (primary N) is 1. The van der Waals surface area contributed by atoms with Gasteiger partial charge < -0.3 is 55.2 Å². The van der Waals surface area contributed by atoms with Crippen molar-refractivity contribution in [1.82, 2.24) is 24.2 Å². The number of unbranched alkanes of at least 4 members (excludes halogenated alkanes) is 2. The first-order valence-corrected chi connectivity index (χ1v) is 33.6. The fourth-order valence-electron chi connectivity index (χ4n) is 11.5. The van der Waals surface area contributed by atoms with Crippen molar-refractivity contribution < 1.29 is 92.3 Å². The number of carbonyl (C=O) groups excluding carboxylic acids is 1. The van der Waals surface area contributed by atoms with Crippen LogP contribution in [0.2, 0.25) is 0 Å². The molecule has 1 aromatic heterocycles. The Hall–Kier alpha value is -5.25. The summed E-state index contributed by atoms with van der Waals surface area (Å²) in [6, 6.07) is 7.96. The van der Waals surface area contributed by atoms with Crippen molar-refractivity contribution in [2.75, 3.05) is 56.5 Å². The maximum atomic E-state index is 13.8. The number of anilines is 2. The van der Waals surface area contributed by atoms with Crippen LogP contribution < -0.4 is 46.3 Å². The normalized spacial score (nSPS) is 21.6. The number of phosphoric ester groups is 1. The number of rotatable bonds is 19. The fraction of sp³-hybridized carbons (Fsp3) is 0.469. The molecular weight excluding hydrogens is 1180 g/mol. The summed E-state index contributed by atoms with van der Waals surface area (Å²) in [5, 5.41) is 25.6. The van der Waals surface area contributed by atoms with E-state index in [0.717, 1.165) is 112 Å². The molecule has 3 aromatic carbocycles. The number of phosphoric acid groups is 3. The SMILES string of the molecule is Nc1nc(=O)n([C@@H]2O[C@H](COP(=O)(O)OP(=O)(O)OP(=O)(O)O)[C@@H](O)[C@H]2O)cc1C#CCNC(=O)CCCCCNS(=O)(=O)c1ccc(C2=c3cc4c5c(c3Oc3c2cc2c6c3CCCN6CCC2)CCC[N+]=5CCC4)c(S(=O)(=O)O)c1. The van der Waals surface area contributed by atoms with E-state index in [2.05, 4.69) is 61.6 Å². The van der Waals surface area contributed by atoms with E-state index in [1.807, 2.05) is 0 Å². The predicted molar refractivity (Wildman–Crippen MR) is 289 cm³/mol. The zero-order valence-corrected chi connectivity index (χ0v) is 47.9. The minimum Gasteiger partial charge on any atom is -0.455 e. The lowest BCUT2D eigenvalue weighted by Gasteiger charge is -2.39. The monoisotopic (exact) mass is 1240 g/mol. The number of aromatic nitrogens is 2. The fourth-order valence-corrected chi connectivity index (χ4v) is 16.4. The highest BCUT2D eigenvalue weighted by atomic mass is 32.2. The summed E-state index contributed by atoms with van der Waals surface area (Å²) in [6.45, 7) is 2.29. The number of nitrogens with one attached hydrogen (secondary N) is 2. The van der Waals surface area contributed by atoms with Gasteiger partial charge in [0.15, 0.2) is 6.23 Å². The molecule has 0 saturated carbocycles. The lowest BCUT2D eigenvalue weighted by atomic mass is 9.82. The lowest BCUT2D eigenvalue weighted by Crippen LogP contribution is -2.45. The van der Waals surface area contributed by atoms with Crippen molar-refractivity contribution in [3.63, 3.8) is 0 Å². The maximum Gasteiger partial charge on any atom is 0.490 e. The molecule has 0 radical (unpaired) electrons. The third-order valence-corrected chi connectivity index (χ3v) is 21.0. The smallest absolute Gasteiger partial charge is 0.455 e. The molecule has 7 heterocycles. The lowest BCUT2D eigenvalue weighted by molar-refractivity contribution is -0.120. The average molecular weight is 1240 g/mol. The number of ether oxygens (including phenoxy) is 2. The van der Waals surface area contributed by atoms with Gasteiger partial charge >= 0.3 is 29.2 Å². The van der Waals surface area contributed by atoms with Gasteiger partial charge in [-0.25, -0.2) is 36.2 Å². The summed E-state index contributed by atoms with van der Waals surface area (Å²) >= 11 is 0. The van der Waals surface area contributed by atoms with Crippen molar-refractivity contribution in [1.29, 1.82) is 0 Å². The van der Waals surface area contributed by atoms with E-state index < -0.39 is 91.2 Å². The second-order valence-corrected chi connectivity index (χ2v) is 28.0. The summed E-state index contributed by atoms with van der Waals surface area (Å²) in [7, 11) is -26.5. The third-order valence-electron chi connectivity index (χ3n) is 14.9. The highest BCUT2D eigenvalue weighted by Gasteiger charge is 2.47. The van der Waals surface area contributed by atoms with Crippen LogP contribution in [0.4, 0.5) is 11.5 Å². The maximum absolute atomic E-state index is 13.8. The number of amides is 1. The predicted octanol–water partition coefficient (Wildman–Crippen LogP) is 0.477. The molecule has 2 unspecified atom stereocenters. The van der Waals surface area contributed by atoms with Gasteiger partial charge in [-0.05, 0) is 81.2 Å². The molecule has 6 aliphatic rings. The summed E-state index contributed by atoms with van der Waals surface area (Å²) in [4.78, 5) is 67.1. The van der Waals surface area contributed by atoms with Crippen LogP contribution in [0.5, 0.6) is 11.5 Å². The molecule has 0 aliphatic carbocycles. The van der Waals surface area contributed by atoms with Gasteiger partial charge in [-0.2, -0.15) is 22.0 Å². The van der Waals surface area contributed by atoms with Crippen molar-refractivity contribution in [2.45, 2.75) is 111 Å². The molecule has 0 spiro atoms. The molecule has 33 heteroatoms. The molecule has 6 atom stereocenters. The van der Waals surface area contributed by atoms with Gasteiger partial charge in [0, 0.05) is 83.8 Å². The van der Waals surface area contributed by atoms with Gasteiger partial charge in [0.2, 0.25) is 21.3 Å². The Morgan fingerprint density at radius 3 is 2.33 bits per heavy atom. The molecule has 442 valence electrons. The molecule has 6 aliphatic heterocycles. The van der Waals surface area contributed by atoms with Crippen LogP contribution in [0.25, 0.3) is 5.57 Å². The second kappa shape index (κ2) is 23.3. The molecule has 28 nitrogen and oxygen atoms in total. The van der Waals surface area contributed by atoms with Crippen molar-refractivity contribution in [3.05, 3.63) is 96.5 Å². The zero-order chi connectivity index (χ0) is 58.7. The number of aryl methyl sites for hydroxylation is 2. The second-order valence-electron chi connectivity index (χ2n) is 20.4. The number of hydrogen-bond donors (Lipinski definition) is 10. The van der Waals surface area contributed by atoms with Crippen LogP contribution in [0, 0.1) is 11.8 Å². The first-order chi connectivity index (χ1) is 38.7. The number of carbonyl (C=O) groups is 1. The van der Waals surface area contributed by atoms with Crippen LogP contribution in [0.1, 0.15) is 96.5 Å². The Morgan fingerprint density at radius 1 is 0.866 bits per heavy atom. The summed E-state index contributed by atoms with van der Waals surface area (Å²) in [5.41, 5.74) is 11.7. The van der Waals surface area contributed by atoms with Gasteiger partial charge in [-0.3, -0.25) is 18.4 Å². The molecule has 0 bridgehead atoms. The molecule has 4 aromatic rings. The number of benzene rings is 3. The zero-order valence-electron chi connectivity index (χ0n) is 43.6. The first kappa shape index (κ1) is 59.9. The van der Waals surface area contributed by atoms with Crippen LogP contribution in [-0.4, -0.2) is 131 Å². The Kier molecular flexibility index (Phi) is 17.0. The van der Waals surface area contributed by atoms with E-state index in [1.165, 1.54) is 23.2 Å². The molecule has 11 N–H and O–H groups in total. The minimum absolute atomic E-state index is 0.0197. The number of aliphatic hydroxyl groups is 2. The van der Waals surface area contributed by atoms with E-state index in [9.17, 15) is 64.7 Å². The van der Waals surface area contributed by atoms with E-state index in [0.29, 0.717) is 51.7 Å². The highest BCUT2D eigenvalue weighted by molar-refractivity contribution is 7.89. The Balaban J connectivity index is 0.765. The molecule has 82 heavy (non-hydrogen) atoms. The van der Waals surface area contributed by atoms with Gasteiger partial charge in [0.1, 0.15) is 53.6 Å². The van der Waals surface area contributed by atoms with E-state index in [4.69, 9.17) is 25.0 Å². The van der Waals surface area contributed by atoms with Crippen LogP contribution in [0.3, 0.4) is 0 Å². The van der Waals surface area contributed by atoms with Gasteiger partial charge in [0.25, 0.3) is 10.1 Å². The third kappa shape index (κ3) is 12.7. The van der Waals surface area contributed by atoms with Crippen molar-refractivity contribution in [2.24, 2.45) is 0 Å². The summed E-state index contributed by atoms with van der Waals surface area (Å²) in [5.74, 6) is 5.78. The van der Waals surface area contributed by atoms with Crippen molar-refractivity contribution >= 4 is 66.6 Å². The van der Waals surface area contributed by atoms with E-state index in [-0.39, 0.29) is 41.4 Å². The molecule has 1 fully saturated rings. The number of nitrogens with zero attached hydrogens (tertiary/aromatic N) is 4. The van der Waals surface area contributed by atoms with Gasteiger partial charge in [-0.1, -0.05) is 24.3 Å². The number of nitrogen functional groups attached to an aromatic ring is 1.